The van der Waals surface area contributed by atoms with Crippen LogP contribution in [0.5, 0.6) is 0 Å². The summed E-state index contributed by atoms with van der Waals surface area (Å²) in [5.41, 5.74) is 2.30. The van der Waals surface area contributed by atoms with Crippen LogP contribution in [0.2, 0.25) is 0 Å². The molecule has 1 aliphatic heterocycles. The fraction of sp³-hybridized carbons (Fsp3) is 0.529. The van der Waals surface area contributed by atoms with Crippen molar-refractivity contribution >= 4 is 11.0 Å². The summed E-state index contributed by atoms with van der Waals surface area (Å²) in [7, 11) is 1.96. The smallest absolute Gasteiger partial charge is 0.134 e. The lowest BCUT2D eigenvalue weighted by Crippen LogP contribution is -2.41. The van der Waals surface area contributed by atoms with Crippen molar-refractivity contribution in [3.8, 4) is 0 Å². The zero-order valence-electron chi connectivity index (χ0n) is 12.9. The Labute approximate surface area is 126 Å². The molecule has 0 spiro atoms. The quantitative estimate of drug-likeness (QED) is 0.918. The minimum absolute atomic E-state index is 0.365. The van der Waals surface area contributed by atoms with Crippen molar-refractivity contribution in [3.63, 3.8) is 0 Å². The summed E-state index contributed by atoms with van der Waals surface area (Å²) in [5, 5.41) is 4.44. The zero-order valence-corrected chi connectivity index (χ0v) is 12.9. The number of ether oxygens (including phenoxy) is 1. The maximum absolute atomic E-state index is 6.01. The Morgan fingerprint density at radius 3 is 3.00 bits per heavy atom. The van der Waals surface area contributed by atoms with Crippen LogP contribution in [-0.4, -0.2) is 37.7 Å². The van der Waals surface area contributed by atoms with Gasteiger partial charge in [-0.25, -0.2) is 0 Å². The SMILES string of the molecule is CCC1CN(Cc2c(CNC)oc3ccccc23)CCO1. The Hall–Kier alpha value is -1.36. The van der Waals surface area contributed by atoms with Gasteiger partial charge in [-0.15, -0.1) is 0 Å². The van der Waals surface area contributed by atoms with Gasteiger partial charge < -0.3 is 14.5 Å². The van der Waals surface area contributed by atoms with Gasteiger partial charge in [0.1, 0.15) is 11.3 Å². The first-order chi connectivity index (χ1) is 10.3. The summed E-state index contributed by atoms with van der Waals surface area (Å²) in [4.78, 5) is 2.48. The molecule has 2 heterocycles. The molecular formula is C17H24N2O2. The molecule has 1 aliphatic rings. The Bertz CT molecular complexity index is 593. The number of morpholine rings is 1. The van der Waals surface area contributed by atoms with E-state index in [1.54, 1.807) is 0 Å². The van der Waals surface area contributed by atoms with Gasteiger partial charge in [0, 0.05) is 30.6 Å². The number of rotatable bonds is 5. The van der Waals surface area contributed by atoms with Crippen LogP contribution >= 0.6 is 0 Å². The fourth-order valence-corrected chi connectivity index (χ4v) is 3.02. The predicted molar refractivity (Wildman–Crippen MR) is 84.3 cm³/mol. The van der Waals surface area contributed by atoms with E-state index in [0.717, 1.165) is 50.5 Å². The van der Waals surface area contributed by atoms with E-state index in [4.69, 9.17) is 9.15 Å². The first kappa shape index (κ1) is 14.6. The van der Waals surface area contributed by atoms with Crippen molar-refractivity contribution < 1.29 is 9.15 Å². The molecule has 0 radical (unpaired) electrons. The maximum atomic E-state index is 6.01. The van der Waals surface area contributed by atoms with Crippen molar-refractivity contribution in [1.82, 2.24) is 10.2 Å². The van der Waals surface area contributed by atoms with Gasteiger partial charge in [-0.2, -0.15) is 0 Å². The number of benzene rings is 1. The molecule has 114 valence electrons. The van der Waals surface area contributed by atoms with E-state index in [-0.39, 0.29) is 0 Å². The predicted octanol–water partition coefficient (Wildman–Crippen LogP) is 2.76. The van der Waals surface area contributed by atoms with Crippen LogP contribution in [0.25, 0.3) is 11.0 Å². The average molecular weight is 288 g/mol. The lowest BCUT2D eigenvalue weighted by Gasteiger charge is -2.32. The minimum atomic E-state index is 0.365. The highest BCUT2D eigenvalue weighted by atomic mass is 16.5. The van der Waals surface area contributed by atoms with Gasteiger partial charge in [-0.05, 0) is 19.5 Å². The number of fused-ring (bicyclic) bond motifs is 1. The van der Waals surface area contributed by atoms with E-state index < -0.39 is 0 Å². The maximum Gasteiger partial charge on any atom is 0.134 e. The molecule has 2 aromatic rings. The van der Waals surface area contributed by atoms with E-state index in [1.807, 2.05) is 19.2 Å². The van der Waals surface area contributed by atoms with Gasteiger partial charge in [-0.1, -0.05) is 25.1 Å². The molecule has 4 heteroatoms. The molecule has 1 aromatic carbocycles. The summed E-state index contributed by atoms with van der Waals surface area (Å²) >= 11 is 0. The third kappa shape index (κ3) is 3.12. The normalized spacial score (nSPS) is 20.2. The Balaban J connectivity index is 1.86. The lowest BCUT2D eigenvalue weighted by molar-refractivity contribution is -0.0325. The van der Waals surface area contributed by atoms with Crippen molar-refractivity contribution in [2.24, 2.45) is 0 Å². The molecule has 1 fully saturated rings. The summed E-state index contributed by atoms with van der Waals surface area (Å²) in [6.45, 7) is 6.73. The van der Waals surface area contributed by atoms with Gasteiger partial charge in [0.05, 0.1) is 19.3 Å². The van der Waals surface area contributed by atoms with Crippen LogP contribution < -0.4 is 5.32 Å². The molecule has 1 aromatic heterocycles. The van der Waals surface area contributed by atoms with Crippen LogP contribution in [0, 0.1) is 0 Å². The largest absolute Gasteiger partial charge is 0.459 e. The van der Waals surface area contributed by atoms with Crippen LogP contribution in [0.3, 0.4) is 0 Å². The molecule has 1 N–H and O–H groups in total. The van der Waals surface area contributed by atoms with Gasteiger partial charge >= 0.3 is 0 Å². The Morgan fingerprint density at radius 1 is 1.33 bits per heavy atom. The average Bonchev–Trinajstić information content (AvgIpc) is 2.86. The first-order valence-corrected chi connectivity index (χ1v) is 7.79. The molecule has 1 unspecified atom stereocenters. The minimum Gasteiger partial charge on any atom is -0.459 e. The molecule has 1 saturated heterocycles. The van der Waals surface area contributed by atoms with Crippen molar-refractivity contribution in [2.45, 2.75) is 32.5 Å². The highest BCUT2D eigenvalue weighted by Gasteiger charge is 2.22. The first-order valence-electron chi connectivity index (χ1n) is 7.79. The Morgan fingerprint density at radius 2 is 2.19 bits per heavy atom. The lowest BCUT2D eigenvalue weighted by atomic mass is 10.1. The standard InChI is InChI=1S/C17H24N2O2/c1-3-13-11-19(8-9-20-13)12-15-14-6-4-5-7-16(14)21-17(15)10-18-2/h4-7,13,18H,3,8-12H2,1-2H3. The summed E-state index contributed by atoms with van der Waals surface area (Å²) < 4.78 is 11.8. The topological polar surface area (TPSA) is 37.6 Å². The van der Waals surface area contributed by atoms with Gasteiger partial charge in [0.25, 0.3) is 0 Å². The third-order valence-electron chi connectivity index (χ3n) is 4.18. The van der Waals surface area contributed by atoms with Gasteiger partial charge in [0.2, 0.25) is 0 Å². The number of hydrogen-bond acceptors (Lipinski definition) is 4. The highest BCUT2D eigenvalue weighted by Crippen LogP contribution is 2.27. The molecule has 0 saturated carbocycles. The summed E-state index contributed by atoms with van der Waals surface area (Å²) in [6.07, 6.45) is 1.44. The highest BCUT2D eigenvalue weighted by molar-refractivity contribution is 5.82. The van der Waals surface area contributed by atoms with Crippen LogP contribution in [0.15, 0.2) is 28.7 Å². The van der Waals surface area contributed by atoms with E-state index >= 15 is 0 Å². The second kappa shape index (κ2) is 6.60. The van der Waals surface area contributed by atoms with E-state index in [9.17, 15) is 0 Å². The molecule has 0 bridgehead atoms. The number of para-hydroxylation sites is 1. The number of furan rings is 1. The number of hydrogen-bond donors (Lipinski definition) is 1. The van der Waals surface area contributed by atoms with E-state index in [1.165, 1.54) is 10.9 Å². The molecule has 0 aliphatic carbocycles. The molecular weight excluding hydrogens is 264 g/mol. The van der Waals surface area contributed by atoms with Crippen molar-refractivity contribution in [3.05, 3.63) is 35.6 Å². The molecule has 1 atom stereocenters. The molecule has 4 nitrogen and oxygen atoms in total. The second-order valence-corrected chi connectivity index (χ2v) is 5.67. The monoisotopic (exact) mass is 288 g/mol. The number of nitrogens with one attached hydrogen (secondary N) is 1. The Kier molecular flexibility index (Phi) is 4.58. The van der Waals surface area contributed by atoms with E-state index in [0.29, 0.717) is 6.10 Å². The van der Waals surface area contributed by atoms with Gasteiger partial charge in [-0.3, -0.25) is 4.90 Å². The zero-order chi connectivity index (χ0) is 14.7. The van der Waals surface area contributed by atoms with Crippen LogP contribution in [0.4, 0.5) is 0 Å². The molecule has 21 heavy (non-hydrogen) atoms. The summed E-state index contributed by atoms with van der Waals surface area (Å²) in [5.74, 6) is 1.05. The van der Waals surface area contributed by atoms with Crippen molar-refractivity contribution in [2.75, 3.05) is 26.7 Å². The van der Waals surface area contributed by atoms with Gasteiger partial charge in [0.15, 0.2) is 0 Å². The summed E-state index contributed by atoms with van der Waals surface area (Å²) in [6, 6.07) is 8.32. The second-order valence-electron chi connectivity index (χ2n) is 5.67. The molecule has 3 rings (SSSR count). The third-order valence-corrected chi connectivity index (χ3v) is 4.18. The van der Waals surface area contributed by atoms with Crippen molar-refractivity contribution in [1.29, 1.82) is 0 Å². The molecule has 0 amide bonds. The van der Waals surface area contributed by atoms with E-state index in [2.05, 4.69) is 29.3 Å². The van der Waals surface area contributed by atoms with Crippen LogP contribution in [-0.2, 0) is 17.8 Å². The van der Waals surface area contributed by atoms with Crippen LogP contribution in [0.1, 0.15) is 24.7 Å². The number of nitrogens with zero attached hydrogens (tertiary/aromatic N) is 1. The fourth-order valence-electron chi connectivity index (χ4n) is 3.02.